The zero-order valence-electron chi connectivity index (χ0n) is 11.6. The van der Waals surface area contributed by atoms with Crippen LogP contribution in [0.1, 0.15) is 20.7 Å². The standard InChI is InChI=1S/C17H13N3O2/c18-16(21)11-5-7-12(8-6-11)20-17(22)14-9-10-19-15-4-2-1-3-13(14)15/h1-10H,(H2,18,21)(H,20,22). The van der Waals surface area contributed by atoms with Gasteiger partial charge in [0.15, 0.2) is 0 Å². The first-order valence-electron chi connectivity index (χ1n) is 6.70. The quantitative estimate of drug-likeness (QED) is 0.777. The smallest absolute Gasteiger partial charge is 0.256 e. The van der Waals surface area contributed by atoms with Crippen molar-refractivity contribution >= 4 is 28.4 Å². The lowest BCUT2D eigenvalue weighted by Gasteiger charge is -2.08. The highest BCUT2D eigenvalue weighted by Crippen LogP contribution is 2.18. The summed E-state index contributed by atoms with van der Waals surface area (Å²) in [6, 6.07) is 15.5. The molecule has 0 radical (unpaired) electrons. The highest BCUT2D eigenvalue weighted by Gasteiger charge is 2.10. The minimum Gasteiger partial charge on any atom is -0.366 e. The molecule has 2 aromatic carbocycles. The molecule has 5 nitrogen and oxygen atoms in total. The minimum atomic E-state index is -0.502. The van der Waals surface area contributed by atoms with Gasteiger partial charge in [0, 0.05) is 22.8 Å². The Morgan fingerprint density at radius 2 is 1.68 bits per heavy atom. The van der Waals surface area contributed by atoms with Gasteiger partial charge < -0.3 is 11.1 Å². The van der Waals surface area contributed by atoms with Gasteiger partial charge in [-0.2, -0.15) is 0 Å². The number of amides is 2. The maximum absolute atomic E-state index is 12.4. The summed E-state index contributed by atoms with van der Waals surface area (Å²) in [5, 5.41) is 3.59. The second-order valence-electron chi connectivity index (χ2n) is 4.77. The highest BCUT2D eigenvalue weighted by molar-refractivity contribution is 6.12. The molecule has 0 spiro atoms. The Kier molecular flexibility index (Phi) is 3.53. The predicted octanol–water partition coefficient (Wildman–Crippen LogP) is 2.59. The predicted molar refractivity (Wildman–Crippen MR) is 84.7 cm³/mol. The molecule has 22 heavy (non-hydrogen) atoms. The van der Waals surface area contributed by atoms with Crippen LogP contribution in [0, 0.1) is 0 Å². The number of nitrogens with zero attached hydrogens (tertiary/aromatic N) is 1. The second kappa shape index (κ2) is 5.65. The molecule has 0 saturated heterocycles. The van der Waals surface area contributed by atoms with E-state index in [2.05, 4.69) is 10.3 Å². The van der Waals surface area contributed by atoms with Crippen LogP contribution in [0.2, 0.25) is 0 Å². The van der Waals surface area contributed by atoms with Crippen LogP contribution in [-0.2, 0) is 0 Å². The summed E-state index contributed by atoms with van der Waals surface area (Å²) in [7, 11) is 0. The zero-order chi connectivity index (χ0) is 15.5. The number of para-hydroxylation sites is 1. The first kappa shape index (κ1) is 13.8. The van der Waals surface area contributed by atoms with Crippen LogP contribution in [-0.4, -0.2) is 16.8 Å². The summed E-state index contributed by atoms with van der Waals surface area (Å²) in [6.07, 6.45) is 1.60. The topological polar surface area (TPSA) is 85.1 Å². The largest absolute Gasteiger partial charge is 0.366 e. The molecule has 108 valence electrons. The van der Waals surface area contributed by atoms with Crippen LogP contribution in [0.5, 0.6) is 0 Å². The molecular formula is C17H13N3O2. The van der Waals surface area contributed by atoms with Crippen molar-refractivity contribution in [3.8, 4) is 0 Å². The number of carbonyl (C=O) groups is 2. The van der Waals surface area contributed by atoms with Gasteiger partial charge in [-0.05, 0) is 36.4 Å². The summed E-state index contributed by atoms with van der Waals surface area (Å²) in [5.74, 6) is -0.733. The van der Waals surface area contributed by atoms with Crippen LogP contribution in [0.3, 0.4) is 0 Å². The lowest BCUT2D eigenvalue weighted by molar-refractivity contribution is 0.0998. The summed E-state index contributed by atoms with van der Waals surface area (Å²) in [5.41, 5.74) is 7.48. The number of pyridine rings is 1. The fourth-order valence-electron chi connectivity index (χ4n) is 2.21. The number of fused-ring (bicyclic) bond motifs is 1. The summed E-state index contributed by atoms with van der Waals surface area (Å²) in [4.78, 5) is 27.7. The van der Waals surface area contributed by atoms with Crippen LogP contribution in [0.15, 0.2) is 60.8 Å². The molecule has 2 amide bonds. The van der Waals surface area contributed by atoms with Crippen molar-refractivity contribution in [3.63, 3.8) is 0 Å². The molecule has 3 aromatic rings. The first-order valence-corrected chi connectivity index (χ1v) is 6.70. The molecule has 5 heteroatoms. The van der Waals surface area contributed by atoms with E-state index in [9.17, 15) is 9.59 Å². The summed E-state index contributed by atoms with van der Waals surface area (Å²) in [6.45, 7) is 0. The van der Waals surface area contributed by atoms with Crippen molar-refractivity contribution in [1.82, 2.24) is 4.98 Å². The molecule has 3 rings (SSSR count). The van der Waals surface area contributed by atoms with Gasteiger partial charge in [0.25, 0.3) is 5.91 Å². The number of aromatic nitrogens is 1. The average molecular weight is 291 g/mol. The van der Waals surface area contributed by atoms with Gasteiger partial charge in [-0.15, -0.1) is 0 Å². The Balaban J connectivity index is 1.89. The monoisotopic (exact) mass is 291 g/mol. The Morgan fingerprint density at radius 3 is 2.41 bits per heavy atom. The fraction of sp³-hybridized carbons (Fsp3) is 0. The molecule has 0 fully saturated rings. The number of nitrogens with one attached hydrogen (secondary N) is 1. The summed E-state index contributed by atoms with van der Waals surface area (Å²) >= 11 is 0. The van der Waals surface area contributed by atoms with Gasteiger partial charge in [-0.1, -0.05) is 18.2 Å². The van der Waals surface area contributed by atoms with Crippen molar-refractivity contribution in [2.45, 2.75) is 0 Å². The molecule has 0 unspecified atom stereocenters. The second-order valence-corrected chi connectivity index (χ2v) is 4.77. The number of hydrogen-bond donors (Lipinski definition) is 2. The lowest BCUT2D eigenvalue weighted by Crippen LogP contribution is -2.14. The van der Waals surface area contributed by atoms with Crippen molar-refractivity contribution in [2.75, 3.05) is 5.32 Å². The number of nitrogens with two attached hydrogens (primary N) is 1. The van der Waals surface area contributed by atoms with E-state index in [-0.39, 0.29) is 5.91 Å². The molecule has 1 aromatic heterocycles. The molecule has 1 heterocycles. The SMILES string of the molecule is NC(=O)c1ccc(NC(=O)c2ccnc3ccccc23)cc1. The Bertz CT molecular complexity index is 852. The van der Waals surface area contributed by atoms with E-state index in [1.54, 1.807) is 36.5 Å². The minimum absolute atomic E-state index is 0.231. The molecule has 0 atom stereocenters. The van der Waals surface area contributed by atoms with Crippen LogP contribution in [0.25, 0.3) is 10.9 Å². The van der Waals surface area contributed by atoms with Gasteiger partial charge in [0.05, 0.1) is 11.1 Å². The third kappa shape index (κ3) is 2.64. The molecule has 0 aliphatic carbocycles. The number of rotatable bonds is 3. The van der Waals surface area contributed by atoms with E-state index in [1.165, 1.54) is 0 Å². The number of anilines is 1. The van der Waals surface area contributed by atoms with E-state index in [0.717, 1.165) is 10.9 Å². The Morgan fingerprint density at radius 1 is 0.955 bits per heavy atom. The van der Waals surface area contributed by atoms with E-state index in [1.807, 2.05) is 24.3 Å². The van der Waals surface area contributed by atoms with Gasteiger partial charge in [-0.25, -0.2) is 0 Å². The van der Waals surface area contributed by atoms with Crippen LogP contribution in [0.4, 0.5) is 5.69 Å². The lowest BCUT2D eigenvalue weighted by atomic mass is 10.1. The van der Waals surface area contributed by atoms with E-state index in [4.69, 9.17) is 5.73 Å². The number of hydrogen-bond acceptors (Lipinski definition) is 3. The van der Waals surface area contributed by atoms with Crippen molar-refractivity contribution in [1.29, 1.82) is 0 Å². The Labute approximate surface area is 126 Å². The number of primary amides is 1. The van der Waals surface area contributed by atoms with Crippen molar-refractivity contribution in [2.24, 2.45) is 5.73 Å². The zero-order valence-corrected chi connectivity index (χ0v) is 11.6. The van der Waals surface area contributed by atoms with Gasteiger partial charge in [-0.3, -0.25) is 14.6 Å². The Hall–Kier alpha value is -3.21. The third-order valence-corrected chi connectivity index (χ3v) is 3.32. The fourth-order valence-corrected chi connectivity index (χ4v) is 2.21. The van der Waals surface area contributed by atoms with E-state index < -0.39 is 5.91 Å². The van der Waals surface area contributed by atoms with Gasteiger partial charge in [0.2, 0.25) is 5.91 Å². The molecule has 0 aliphatic rings. The van der Waals surface area contributed by atoms with Crippen LogP contribution < -0.4 is 11.1 Å². The maximum Gasteiger partial charge on any atom is 0.256 e. The van der Waals surface area contributed by atoms with Crippen molar-refractivity contribution < 1.29 is 9.59 Å². The van der Waals surface area contributed by atoms with Crippen LogP contribution >= 0.6 is 0 Å². The summed E-state index contributed by atoms with van der Waals surface area (Å²) < 4.78 is 0. The normalized spacial score (nSPS) is 10.4. The highest BCUT2D eigenvalue weighted by atomic mass is 16.2. The molecule has 0 bridgehead atoms. The molecule has 0 saturated carbocycles. The number of carbonyl (C=O) groups excluding carboxylic acids is 2. The first-order chi connectivity index (χ1) is 10.6. The molecular weight excluding hydrogens is 278 g/mol. The third-order valence-electron chi connectivity index (χ3n) is 3.32. The van der Waals surface area contributed by atoms with Crippen molar-refractivity contribution in [3.05, 3.63) is 71.9 Å². The molecule has 0 aliphatic heterocycles. The van der Waals surface area contributed by atoms with Gasteiger partial charge in [0.1, 0.15) is 0 Å². The van der Waals surface area contributed by atoms with E-state index in [0.29, 0.717) is 16.8 Å². The van der Waals surface area contributed by atoms with E-state index >= 15 is 0 Å². The number of benzene rings is 2. The maximum atomic E-state index is 12.4. The molecule has 3 N–H and O–H groups in total. The van der Waals surface area contributed by atoms with Gasteiger partial charge >= 0.3 is 0 Å². The average Bonchev–Trinajstić information content (AvgIpc) is 2.54.